The molecule has 0 amide bonds. The summed E-state index contributed by atoms with van der Waals surface area (Å²) in [5, 5.41) is 0. The van der Waals surface area contributed by atoms with Gasteiger partial charge in [-0.25, -0.2) is 0 Å². The van der Waals surface area contributed by atoms with Gasteiger partial charge in [-0.2, -0.15) is 0 Å². The van der Waals surface area contributed by atoms with Gasteiger partial charge in [0.2, 0.25) is 0 Å². The summed E-state index contributed by atoms with van der Waals surface area (Å²) in [5.74, 6) is 0. The fourth-order valence-electron chi connectivity index (χ4n) is 3.38. The van der Waals surface area contributed by atoms with Gasteiger partial charge in [-0.05, 0) is 59.6 Å². The van der Waals surface area contributed by atoms with E-state index in [0.717, 1.165) is 25.7 Å². The lowest BCUT2D eigenvalue weighted by atomic mass is 9.92. The molecule has 0 spiro atoms. The highest BCUT2D eigenvalue weighted by atomic mass is 14.1. The largest absolute Gasteiger partial charge is 0.0952 e. The van der Waals surface area contributed by atoms with Crippen LogP contribution in [0.15, 0.2) is 54.1 Å². The van der Waals surface area contributed by atoms with Crippen molar-refractivity contribution in [2.24, 2.45) is 0 Å². The first-order valence-corrected chi connectivity index (χ1v) is 10.8. The van der Waals surface area contributed by atoms with Gasteiger partial charge in [0, 0.05) is 0 Å². The molecule has 1 aromatic rings. The first-order chi connectivity index (χ1) is 12.6. The minimum atomic E-state index is 1.05. The maximum absolute atomic E-state index is 4.30. The van der Waals surface area contributed by atoms with Gasteiger partial charge in [0.25, 0.3) is 0 Å². The van der Waals surface area contributed by atoms with Crippen molar-refractivity contribution in [3.05, 3.63) is 65.3 Å². The lowest BCUT2D eigenvalue weighted by Crippen LogP contribution is -1.94. The predicted molar refractivity (Wildman–Crippen MR) is 120 cm³/mol. The summed E-state index contributed by atoms with van der Waals surface area (Å²) in [5.41, 5.74) is 6.43. The van der Waals surface area contributed by atoms with E-state index >= 15 is 0 Å². The number of hydrogen-bond donors (Lipinski definition) is 0. The molecule has 0 fully saturated rings. The average molecular weight is 353 g/mol. The van der Waals surface area contributed by atoms with Crippen LogP contribution in [-0.2, 0) is 6.42 Å². The molecule has 0 heterocycles. The van der Waals surface area contributed by atoms with Crippen LogP contribution in [0.5, 0.6) is 0 Å². The molecule has 0 radical (unpaired) electrons. The van der Waals surface area contributed by atoms with E-state index in [4.69, 9.17) is 0 Å². The van der Waals surface area contributed by atoms with E-state index in [0.29, 0.717) is 0 Å². The van der Waals surface area contributed by atoms with Crippen molar-refractivity contribution in [3.63, 3.8) is 0 Å². The molecule has 26 heavy (non-hydrogen) atoms. The van der Waals surface area contributed by atoms with Crippen molar-refractivity contribution in [1.29, 1.82) is 0 Å². The second-order valence-electron chi connectivity index (χ2n) is 7.52. The van der Waals surface area contributed by atoms with Crippen LogP contribution in [0.25, 0.3) is 6.08 Å². The molecule has 0 aromatic heterocycles. The van der Waals surface area contributed by atoms with Crippen LogP contribution >= 0.6 is 0 Å². The van der Waals surface area contributed by atoms with Crippen molar-refractivity contribution in [1.82, 2.24) is 0 Å². The van der Waals surface area contributed by atoms with Crippen molar-refractivity contribution in [2.45, 2.75) is 91.4 Å². The average Bonchev–Trinajstić information content (AvgIpc) is 2.64. The SMILES string of the molecule is C=C(CCC)C(=Cc1ccc(CCCCCCCC)cc1)C(=C)CCC. The fourth-order valence-corrected chi connectivity index (χ4v) is 3.38. The topological polar surface area (TPSA) is 0 Å². The number of hydrogen-bond acceptors (Lipinski definition) is 0. The molecular formula is C26H40. The molecule has 0 N–H and O–H groups in total. The normalized spacial score (nSPS) is 10.6. The Labute approximate surface area is 163 Å². The Bertz CT molecular complexity index is 536. The number of aryl methyl sites for hydroxylation is 1. The minimum absolute atomic E-state index is 1.05. The van der Waals surface area contributed by atoms with Gasteiger partial charge < -0.3 is 0 Å². The van der Waals surface area contributed by atoms with E-state index in [1.807, 2.05) is 0 Å². The molecule has 0 unspecified atom stereocenters. The maximum atomic E-state index is 4.30. The van der Waals surface area contributed by atoms with Gasteiger partial charge in [-0.3, -0.25) is 0 Å². The molecule has 0 heteroatoms. The van der Waals surface area contributed by atoms with E-state index in [2.05, 4.69) is 64.3 Å². The van der Waals surface area contributed by atoms with Gasteiger partial charge in [-0.1, -0.05) is 103 Å². The van der Waals surface area contributed by atoms with E-state index < -0.39 is 0 Å². The van der Waals surface area contributed by atoms with E-state index in [9.17, 15) is 0 Å². The molecule has 0 saturated carbocycles. The fraction of sp³-hybridized carbons (Fsp3) is 0.538. The number of rotatable bonds is 14. The lowest BCUT2D eigenvalue weighted by Gasteiger charge is -2.13. The molecule has 0 aliphatic rings. The molecule has 0 bridgehead atoms. The predicted octanol–water partition coefficient (Wildman–Crippen LogP) is 8.69. The highest BCUT2D eigenvalue weighted by molar-refractivity contribution is 5.64. The molecule has 0 aliphatic heterocycles. The quantitative estimate of drug-likeness (QED) is 0.232. The summed E-state index contributed by atoms with van der Waals surface area (Å²) in [7, 11) is 0. The molecular weight excluding hydrogens is 312 g/mol. The minimum Gasteiger partial charge on any atom is -0.0952 e. The first-order valence-electron chi connectivity index (χ1n) is 10.8. The van der Waals surface area contributed by atoms with Crippen LogP contribution in [-0.4, -0.2) is 0 Å². The zero-order valence-electron chi connectivity index (χ0n) is 17.6. The van der Waals surface area contributed by atoms with Crippen LogP contribution in [0, 0.1) is 0 Å². The Morgan fingerprint density at radius 1 is 0.731 bits per heavy atom. The Hall–Kier alpha value is -1.56. The highest BCUT2D eigenvalue weighted by Crippen LogP contribution is 2.26. The summed E-state index contributed by atoms with van der Waals surface area (Å²) >= 11 is 0. The zero-order chi connectivity index (χ0) is 19.2. The monoisotopic (exact) mass is 352 g/mol. The summed E-state index contributed by atoms with van der Waals surface area (Å²) in [6.07, 6.45) is 16.0. The van der Waals surface area contributed by atoms with Crippen LogP contribution in [0.3, 0.4) is 0 Å². The maximum Gasteiger partial charge on any atom is -0.0198 e. The second-order valence-corrected chi connectivity index (χ2v) is 7.52. The van der Waals surface area contributed by atoms with Gasteiger partial charge in [0.05, 0.1) is 0 Å². The summed E-state index contributed by atoms with van der Waals surface area (Å²) in [6, 6.07) is 9.09. The van der Waals surface area contributed by atoms with Gasteiger partial charge in [-0.15, -0.1) is 0 Å². The van der Waals surface area contributed by atoms with Crippen LogP contribution in [0.1, 0.15) is 96.1 Å². The molecule has 0 aliphatic carbocycles. The van der Waals surface area contributed by atoms with E-state index in [1.165, 1.54) is 72.8 Å². The number of allylic oxidation sites excluding steroid dienone is 3. The first kappa shape index (κ1) is 22.5. The van der Waals surface area contributed by atoms with Crippen molar-refractivity contribution in [2.75, 3.05) is 0 Å². The molecule has 1 rings (SSSR count). The van der Waals surface area contributed by atoms with Crippen molar-refractivity contribution in [3.8, 4) is 0 Å². The molecule has 0 atom stereocenters. The summed E-state index contributed by atoms with van der Waals surface area (Å²) < 4.78 is 0. The standard InChI is InChI=1S/C26H40/c1-6-9-10-11-12-13-16-24-17-19-25(20-18-24)21-26(22(4)14-7-2)23(5)15-8-3/h17-21H,4-16H2,1-3H3. The van der Waals surface area contributed by atoms with E-state index in [-0.39, 0.29) is 0 Å². The third kappa shape index (κ3) is 8.70. The van der Waals surface area contributed by atoms with E-state index in [1.54, 1.807) is 0 Å². The van der Waals surface area contributed by atoms with Crippen LogP contribution in [0.4, 0.5) is 0 Å². The molecule has 0 saturated heterocycles. The third-order valence-electron chi connectivity index (χ3n) is 4.98. The van der Waals surface area contributed by atoms with Gasteiger partial charge >= 0.3 is 0 Å². The highest BCUT2D eigenvalue weighted by Gasteiger charge is 2.07. The van der Waals surface area contributed by atoms with Crippen LogP contribution in [0.2, 0.25) is 0 Å². The Morgan fingerprint density at radius 2 is 1.27 bits per heavy atom. The molecule has 1 aromatic carbocycles. The molecule has 0 nitrogen and oxygen atoms in total. The third-order valence-corrected chi connectivity index (χ3v) is 4.98. The number of benzene rings is 1. The van der Waals surface area contributed by atoms with Crippen LogP contribution < -0.4 is 0 Å². The molecule has 144 valence electrons. The second kappa shape index (κ2) is 13.6. The lowest BCUT2D eigenvalue weighted by molar-refractivity contribution is 0.607. The Balaban J connectivity index is 2.67. The smallest absolute Gasteiger partial charge is 0.0198 e. The van der Waals surface area contributed by atoms with Gasteiger partial charge in [0.1, 0.15) is 0 Å². The summed E-state index contributed by atoms with van der Waals surface area (Å²) in [4.78, 5) is 0. The van der Waals surface area contributed by atoms with Crippen molar-refractivity contribution < 1.29 is 0 Å². The summed E-state index contributed by atoms with van der Waals surface area (Å²) in [6.45, 7) is 15.3. The van der Waals surface area contributed by atoms with Gasteiger partial charge in [0.15, 0.2) is 0 Å². The zero-order valence-corrected chi connectivity index (χ0v) is 17.6. The Kier molecular flexibility index (Phi) is 11.8. The van der Waals surface area contributed by atoms with Crippen molar-refractivity contribution >= 4 is 6.08 Å². The number of unbranched alkanes of at least 4 members (excludes halogenated alkanes) is 5. The Morgan fingerprint density at radius 3 is 1.81 bits per heavy atom.